The van der Waals surface area contributed by atoms with Crippen LogP contribution < -0.4 is 5.32 Å². The summed E-state index contributed by atoms with van der Waals surface area (Å²) in [5.74, 6) is 1.66. The molecule has 0 saturated carbocycles. The van der Waals surface area contributed by atoms with Crippen LogP contribution in [0.3, 0.4) is 0 Å². The van der Waals surface area contributed by atoms with Crippen molar-refractivity contribution in [1.29, 1.82) is 0 Å². The van der Waals surface area contributed by atoms with Gasteiger partial charge in [-0.25, -0.2) is 4.98 Å². The van der Waals surface area contributed by atoms with Crippen molar-refractivity contribution in [2.75, 3.05) is 20.3 Å². The molecule has 1 aliphatic rings. The van der Waals surface area contributed by atoms with E-state index in [4.69, 9.17) is 9.47 Å². The topological polar surface area (TPSA) is 48.3 Å². The molecule has 3 rings (SSSR count). The van der Waals surface area contributed by atoms with Gasteiger partial charge in [0, 0.05) is 46.3 Å². The standard InChI is InChI=1S/C19H27N3O2/c1-22-9-8-20-19(22)18(17-6-10-24-11-7-17)21-13-15-4-3-5-16(12-15)14-23-2/h3-5,8-9,12,17-18,21H,6-7,10-11,13-14H2,1-2H3/t18-/m1/s1. The second-order valence-corrected chi connectivity index (χ2v) is 6.46. The number of hydrogen-bond acceptors (Lipinski definition) is 4. The van der Waals surface area contributed by atoms with Crippen molar-refractivity contribution in [1.82, 2.24) is 14.9 Å². The number of aromatic nitrogens is 2. The van der Waals surface area contributed by atoms with Gasteiger partial charge in [0.2, 0.25) is 0 Å². The predicted molar refractivity (Wildman–Crippen MR) is 93.5 cm³/mol. The number of nitrogens with one attached hydrogen (secondary N) is 1. The van der Waals surface area contributed by atoms with Crippen LogP contribution in [0.15, 0.2) is 36.7 Å². The normalized spacial score (nSPS) is 17.1. The Kier molecular flexibility index (Phi) is 6.01. The molecule has 1 N–H and O–H groups in total. The van der Waals surface area contributed by atoms with E-state index in [1.807, 2.05) is 12.4 Å². The minimum atomic E-state index is 0.250. The first kappa shape index (κ1) is 17.1. The lowest BCUT2D eigenvalue weighted by molar-refractivity contribution is 0.0518. The summed E-state index contributed by atoms with van der Waals surface area (Å²) >= 11 is 0. The third kappa shape index (κ3) is 4.23. The number of benzene rings is 1. The van der Waals surface area contributed by atoms with Crippen LogP contribution in [0.2, 0.25) is 0 Å². The third-order valence-corrected chi connectivity index (χ3v) is 4.70. The first-order valence-electron chi connectivity index (χ1n) is 8.63. The highest BCUT2D eigenvalue weighted by atomic mass is 16.5. The number of methoxy groups -OCH3 is 1. The molecule has 0 bridgehead atoms. The molecule has 2 aromatic rings. The summed E-state index contributed by atoms with van der Waals surface area (Å²) in [6.45, 7) is 3.16. The van der Waals surface area contributed by atoms with Gasteiger partial charge in [-0.05, 0) is 29.9 Å². The molecule has 0 spiro atoms. The Bertz CT molecular complexity index is 635. The number of rotatable bonds is 7. The summed E-state index contributed by atoms with van der Waals surface area (Å²) in [6, 6.07) is 8.80. The third-order valence-electron chi connectivity index (χ3n) is 4.70. The molecule has 5 heteroatoms. The fourth-order valence-electron chi connectivity index (χ4n) is 3.42. The van der Waals surface area contributed by atoms with Gasteiger partial charge in [-0.3, -0.25) is 0 Å². The number of nitrogens with zero attached hydrogens (tertiary/aromatic N) is 2. The second-order valence-electron chi connectivity index (χ2n) is 6.46. The fraction of sp³-hybridized carbons (Fsp3) is 0.526. The van der Waals surface area contributed by atoms with E-state index in [0.29, 0.717) is 12.5 Å². The van der Waals surface area contributed by atoms with E-state index in [1.165, 1.54) is 11.1 Å². The number of hydrogen-bond donors (Lipinski definition) is 1. The van der Waals surface area contributed by atoms with Gasteiger partial charge >= 0.3 is 0 Å². The van der Waals surface area contributed by atoms with Gasteiger partial charge in [-0.2, -0.15) is 0 Å². The molecule has 1 aromatic heterocycles. The molecule has 0 aliphatic carbocycles. The van der Waals surface area contributed by atoms with Crippen LogP contribution in [-0.4, -0.2) is 29.9 Å². The van der Waals surface area contributed by atoms with Gasteiger partial charge in [0.25, 0.3) is 0 Å². The van der Waals surface area contributed by atoms with Crippen molar-refractivity contribution in [3.8, 4) is 0 Å². The Morgan fingerprint density at radius 2 is 2.12 bits per heavy atom. The summed E-state index contributed by atoms with van der Waals surface area (Å²) in [6.07, 6.45) is 6.05. The van der Waals surface area contributed by atoms with E-state index in [9.17, 15) is 0 Å². The highest BCUT2D eigenvalue weighted by Crippen LogP contribution is 2.29. The highest BCUT2D eigenvalue weighted by Gasteiger charge is 2.27. The maximum absolute atomic E-state index is 5.53. The molecule has 0 unspecified atom stereocenters. The second kappa shape index (κ2) is 8.42. The smallest absolute Gasteiger partial charge is 0.125 e. The molecule has 24 heavy (non-hydrogen) atoms. The van der Waals surface area contributed by atoms with Gasteiger partial charge in [-0.1, -0.05) is 24.3 Å². The van der Waals surface area contributed by atoms with E-state index in [0.717, 1.165) is 38.4 Å². The van der Waals surface area contributed by atoms with Crippen molar-refractivity contribution in [2.24, 2.45) is 13.0 Å². The zero-order chi connectivity index (χ0) is 16.8. The summed E-state index contributed by atoms with van der Waals surface area (Å²) in [7, 11) is 3.79. The van der Waals surface area contributed by atoms with E-state index in [1.54, 1.807) is 7.11 Å². The van der Waals surface area contributed by atoms with Gasteiger partial charge in [-0.15, -0.1) is 0 Å². The van der Waals surface area contributed by atoms with Gasteiger partial charge in [0.1, 0.15) is 5.82 Å². The van der Waals surface area contributed by atoms with Crippen molar-refractivity contribution >= 4 is 0 Å². The summed E-state index contributed by atoms with van der Waals surface area (Å²) in [5.41, 5.74) is 2.48. The SMILES string of the molecule is COCc1cccc(CN[C@@H](c2nccn2C)C2CCOCC2)c1. The van der Waals surface area contributed by atoms with E-state index >= 15 is 0 Å². The molecule has 0 amide bonds. The lowest BCUT2D eigenvalue weighted by Crippen LogP contribution is -2.33. The Balaban J connectivity index is 1.72. The monoisotopic (exact) mass is 329 g/mol. The number of aryl methyl sites for hydroxylation is 1. The van der Waals surface area contributed by atoms with Crippen LogP contribution in [0.4, 0.5) is 0 Å². The van der Waals surface area contributed by atoms with Crippen molar-refractivity contribution in [3.63, 3.8) is 0 Å². The van der Waals surface area contributed by atoms with E-state index in [2.05, 4.69) is 46.2 Å². The van der Waals surface area contributed by atoms with Crippen LogP contribution in [0, 0.1) is 5.92 Å². The Morgan fingerprint density at radius 3 is 2.83 bits per heavy atom. The highest BCUT2D eigenvalue weighted by molar-refractivity contribution is 5.23. The summed E-state index contributed by atoms with van der Waals surface area (Å²) in [4.78, 5) is 4.59. The molecular formula is C19H27N3O2. The molecule has 130 valence electrons. The van der Waals surface area contributed by atoms with Crippen molar-refractivity contribution in [3.05, 3.63) is 53.6 Å². The van der Waals surface area contributed by atoms with Gasteiger partial charge in [0.05, 0.1) is 12.6 Å². The lowest BCUT2D eigenvalue weighted by Gasteiger charge is -2.30. The van der Waals surface area contributed by atoms with E-state index in [-0.39, 0.29) is 6.04 Å². The molecule has 0 radical (unpaired) electrons. The molecule has 1 fully saturated rings. The molecule has 1 saturated heterocycles. The predicted octanol–water partition coefficient (Wildman–Crippen LogP) is 2.82. The van der Waals surface area contributed by atoms with Crippen LogP contribution in [0.5, 0.6) is 0 Å². The molecule has 2 heterocycles. The lowest BCUT2D eigenvalue weighted by atomic mass is 9.91. The van der Waals surface area contributed by atoms with Crippen LogP contribution in [0.1, 0.15) is 35.8 Å². The molecule has 1 aliphatic heterocycles. The number of ether oxygens (including phenoxy) is 2. The zero-order valence-corrected chi connectivity index (χ0v) is 14.6. The van der Waals surface area contributed by atoms with E-state index < -0.39 is 0 Å². The van der Waals surface area contributed by atoms with Crippen LogP contribution in [0.25, 0.3) is 0 Å². The fourth-order valence-corrected chi connectivity index (χ4v) is 3.42. The first-order chi connectivity index (χ1) is 11.8. The Labute approximate surface area is 144 Å². The van der Waals surface area contributed by atoms with Gasteiger partial charge in [0.15, 0.2) is 0 Å². The minimum absolute atomic E-state index is 0.250. The average molecular weight is 329 g/mol. The van der Waals surface area contributed by atoms with Crippen LogP contribution >= 0.6 is 0 Å². The molecule has 1 aromatic carbocycles. The summed E-state index contributed by atoms with van der Waals surface area (Å²) < 4.78 is 12.9. The first-order valence-corrected chi connectivity index (χ1v) is 8.63. The molecular weight excluding hydrogens is 302 g/mol. The zero-order valence-electron chi connectivity index (χ0n) is 14.6. The minimum Gasteiger partial charge on any atom is -0.381 e. The average Bonchev–Trinajstić information content (AvgIpc) is 3.03. The Morgan fingerprint density at radius 1 is 1.33 bits per heavy atom. The largest absolute Gasteiger partial charge is 0.381 e. The van der Waals surface area contributed by atoms with Gasteiger partial charge < -0.3 is 19.4 Å². The molecule has 5 nitrogen and oxygen atoms in total. The van der Waals surface area contributed by atoms with Crippen LogP contribution in [-0.2, 0) is 29.7 Å². The number of imidazole rings is 1. The maximum atomic E-state index is 5.53. The van der Waals surface area contributed by atoms with Crippen molar-refractivity contribution in [2.45, 2.75) is 32.0 Å². The maximum Gasteiger partial charge on any atom is 0.125 e. The molecule has 1 atom stereocenters. The Hall–Kier alpha value is -1.69. The summed E-state index contributed by atoms with van der Waals surface area (Å²) in [5, 5.41) is 3.74. The quantitative estimate of drug-likeness (QED) is 0.848. The van der Waals surface area contributed by atoms with Crippen molar-refractivity contribution < 1.29 is 9.47 Å².